The molecule has 0 saturated heterocycles. The van der Waals surface area contributed by atoms with Gasteiger partial charge in [0, 0.05) is 12.2 Å². The van der Waals surface area contributed by atoms with E-state index in [2.05, 4.69) is 37.4 Å². The molecule has 1 heteroatoms. The summed E-state index contributed by atoms with van der Waals surface area (Å²) in [6.45, 7) is 5.65. The van der Waals surface area contributed by atoms with E-state index in [4.69, 9.17) is 0 Å². The van der Waals surface area contributed by atoms with Gasteiger partial charge in [-0.1, -0.05) is 26.0 Å². The van der Waals surface area contributed by atoms with Crippen LogP contribution < -0.4 is 5.32 Å². The van der Waals surface area contributed by atoms with Crippen LogP contribution in [-0.4, -0.2) is 6.54 Å². The minimum absolute atomic E-state index is 0.776. The molecule has 1 nitrogen and oxygen atoms in total. The van der Waals surface area contributed by atoms with Gasteiger partial charge in [0.1, 0.15) is 0 Å². The predicted molar refractivity (Wildman–Crippen MR) is 62.0 cm³/mol. The zero-order chi connectivity index (χ0) is 9.97. The van der Waals surface area contributed by atoms with Crippen LogP contribution in [0.3, 0.4) is 0 Å². The molecule has 1 heterocycles. The number of nitrogens with one attached hydrogen (secondary N) is 1. The van der Waals surface area contributed by atoms with Crippen molar-refractivity contribution in [1.29, 1.82) is 0 Å². The summed E-state index contributed by atoms with van der Waals surface area (Å²) in [7, 11) is 0. The van der Waals surface area contributed by atoms with Crippen molar-refractivity contribution in [2.45, 2.75) is 39.0 Å². The standard InChI is InChI=1S/C13H19N/c1-3-10-5-6-13-12(9-10)11(4-2)7-8-14-13/h5-6,9,11,14H,3-4,7-8H2,1-2H3. The average molecular weight is 189 g/mol. The molecule has 1 unspecified atom stereocenters. The van der Waals surface area contributed by atoms with E-state index in [-0.39, 0.29) is 0 Å². The van der Waals surface area contributed by atoms with Crippen molar-refractivity contribution in [3.8, 4) is 0 Å². The number of aryl methyl sites for hydroxylation is 1. The molecule has 0 radical (unpaired) electrons. The van der Waals surface area contributed by atoms with Crippen molar-refractivity contribution in [2.75, 3.05) is 11.9 Å². The quantitative estimate of drug-likeness (QED) is 0.750. The van der Waals surface area contributed by atoms with Gasteiger partial charge in [-0.2, -0.15) is 0 Å². The third-order valence-electron chi connectivity index (χ3n) is 3.27. The number of benzene rings is 1. The van der Waals surface area contributed by atoms with Crippen LogP contribution in [0.4, 0.5) is 5.69 Å². The van der Waals surface area contributed by atoms with Crippen molar-refractivity contribution in [3.05, 3.63) is 29.3 Å². The van der Waals surface area contributed by atoms with Gasteiger partial charge < -0.3 is 5.32 Å². The van der Waals surface area contributed by atoms with E-state index >= 15 is 0 Å². The van der Waals surface area contributed by atoms with E-state index < -0.39 is 0 Å². The maximum Gasteiger partial charge on any atom is 0.0375 e. The molecule has 1 N–H and O–H groups in total. The molecule has 76 valence electrons. The lowest BCUT2D eigenvalue weighted by molar-refractivity contribution is 0.608. The maximum absolute atomic E-state index is 3.48. The van der Waals surface area contributed by atoms with Crippen LogP contribution in [0.25, 0.3) is 0 Å². The van der Waals surface area contributed by atoms with Gasteiger partial charge in [0.05, 0.1) is 0 Å². The van der Waals surface area contributed by atoms with Crippen LogP contribution in [0.2, 0.25) is 0 Å². The third kappa shape index (κ3) is 1.63. The Morgan fingerprint density at radius 2 is 2.21 bits per heavy atom. The van der Waals surface area contributed by atoms with Gasteiger partial charge >= 0.3 is 0 Å². The molecule has 0 bridgehead atoms. The highest BCUT2D eigenvalue weighted by molar-refractivity contribution is 5.56. The fourth-order valence-corrected chi connectivity index (χ4v) is 2.29. The lowest BCUT2D eigenvalue weighted by Gasteiger charge is -2.26. The minimum Gasteiger partial charge on any atom is -0.385 e. The van der Waals surface area contributed by atoms with E-state index in [1.54, 1.807) is 0 Å². The molecule has 2 rings (SSSR count). The Bertz CT molecular complexity index is 317. The monoisotopic (exact) mass is 189 g/mol. The SMILES string of the molecule is CCc1ccc2c(c1)C(CC)CCN2. The highest BCUT2D eigenvalue weighted by atomic mass is 14.9. The first-order chi connectivity index (χ1) is 6.85. The van der Waals surface area contributed by atoms with E-state index in [0.29, 0.717) is 0 Å². The second-order valence-electron chi connectivity index (χ2n) is 4.10. The van der Waals surface area contributed by atoms with Gasteiger partial charge in [-0.05, 0) is 42.4 Å². The van der Waals surface area contributed by atoms with Crippen LogP contribution in [-0.2, 0) is 6.42 Å². The fraction of sp³-hybridized carbons (Fsp3) is 0.538. The van der Waals surface area contributed by atoms with Crippen molar-refractivity contribution in [2.24, 2.45) is 0 Å². The Morgan fingerprint density at radius 1 is 1.36 bits per heavy atom. The van der Waals surface area contributed by atoms with Crippen LogP contribution in [0.15, 0.2) is 18.2 Å². The lowest BCUT2D eigenvalue weighted by Crippen LogP contribution is -2.16. The van der Waals surface area contributed by atoms with Crippen molar-refractivity contribution >= 4 is 5.69 Å². The molecule has 1 aliphatic heterocycles. The molecule has 14 heavy (non-hydrogen) atoms. The predicted octanol–water partition coefficient (Wildman–Crippen LogP) is 3.56. The highest BCUT2D eigenvalue weighted by Gasteiger charge is 2.17. The Kier molecular flexibility index (Phi) is 2.76. The second kappa shape index (κ2) is 4.04. The number of hydrogen-bond donors (Lipinski definition) is 1. The van der Waals surface area contributed by atoms with E-state index in [0.717, 1.165) is 18.9 Å². The molecule has 0 spiro atoms. The Balaban J connectivity index is 2.38. The molecule has 1 atom stereocenters. The zero-order valence-electron chi connectivity index (χ0n) is 9.14. The molecule has 1 aromatic rings. The minimum atomic E-state index is 0.776. The smallest absolute Gasteiger partial charge is 0.0375 e. The lowest BCUT2D eigenvalue weighted by atomic mass is 9.87. The van der Waals surface area contributed by atoms with Gasteiger partial charge in [0.15, 0.2) is 0 Å². The number of hydrogen-bond acceptors (Lipinski definition) is 1. The van der Waals surface area contributed by atoms with Crippen LogP contribution in [0.1, 0.15) is 43.7 Å². The van der Waals surface area contributed by atoms with Gasteiger partial charge in [-0.25, -0.2) is 0 Å². The summed E-state index contributed by atoms with van der Waals surface area (Å²) in [6, 6.07) is 6.87. The van der Waals surface area contributed by atoms with Crippen LogP contribution >= 0.6 is 0 Å². The Morgan fingerprint density at radius 3 is 2.93 bits per heavy atom. The van der Waals surface area contributed by atoms with E-state index in [9.17, 15) is 0 Å². The van der Waals surface area contributed by atoms with Gasteiger partial charge in [-0.3, -0.25) is 0 Å². The van der Waals surface area contributed by atoms with Crippen LogP contribution in [0.5, 0.6) is 0 Å². The van der Waals surface area contributed by atoms with Gasteiger partial charge in [-0.15, -0.1) is 0 Å². The average Bonchev–Trinajstić information content (AvgIpc) is 2.27. The molecule has 0 aromatic heterocycles. The third-order valence-corrected chi connectivity index (χ3v) is 3.27. The molecular weight excluding hydrogens is 170 g/mol. The van der Waals surface area contributed by atoms with Crippen molar-refractivity contribution in [1.82, 2.24) is 0 Å². The molecular formula is C13H19N. The molecule has 0 aliphatic carbocycles. The van der Waals surface area contributed by atoms with Gasteiger partial charge in [0.2, 0.25) is 0 Å². The van der Waals surface area contributed by atoms with Crippen LogP contribution in [0, 0.1) is 0 Å². The summed E-state index contributed by atoms with van der Waals surface area (Å²) < 4.78 is 0. The first kappa shape index (κ1) is 9.57. The summed E-state index contributed by atoms with van der Waals surface area (Å²) >= 11 is 0. The summed E-state index contributed by atoms with van der Waals surface area (Å²) in [5.74, 6) is 0.776. The molecule has 0 fully saturated rings. The highest BCUT2D eigenvalue weighted by Crippen LogP contribution is 2.34. The topological polar surface area (TPSA) is 12.0 Å². The second-order valence-corrected chi connectivity index (χ2v) is 4.10. The molecule has 1 aliphatic rings. The molecule has 1 aromatic carbocycles. The Hall–Kier alpha value is -0.980. The van der Waals surface area contributed by atoms with Gasteiger partial charge in [0.25, 0.3) is 0 Å². The summed E-state index contributed by atoms with van der Waals surface area (Å²) in [5, 5.41) is 3.48. The zero-order valence-corrected chi connectivity index (χ0v) is 9.14. The first-order valence-electron chi connectivity index (χ1n) is 5.71. The van der Waals surface area contributed by atoms with E-state index in [1.807, 2.05) is 0 Å². The van der Waals surface area contributed by atoms with E-state index in [1.165, 1.54) is 29.7 Å². The molecule has 0 saturated carbocycles. The van der Waals surface area contributed by atoms with Crippen molar-refractivity contribution < 1.29 is 0 Å². The summed E-state index contributed by atoms with van der Waals surface area (Å²) in [6.07, 6.45) is 3.70. The summed E-state index contributed by atoms with van der Waals surface area (Å²) in [4.78, 5) is 0. The Labute approximate surface area is 86.5 Å². The fourth-order valence-electron chi connectivity index (χ4n) is 2.29. The normalized spacial score (nSPS) is 20.0. The van der Waals surface area contributed by atoms with Crippen molar-refractivity contribution in [3.63, 3.8) is 0 Å². The summed E-state index contributed by atoms with van der Waals surface area (Å²) in [5.41, 5.74) is 4.37. The number of anilines is 1. The number of fused-ring (bicyclic) bond motifs is 1. The maximum atomic E-state index is 3.48. The first-order valence-corrected chi connectivity index (χ1v) is 5.71. The molecule has 0 amide bonds. The largest absolute Gasteiger partial charge is 0.385 e. The number of rotatable bonds is 2.